The molecule has 0 bridgehead atoms. The zero-order valence-corrected chi connectivity index (χ0v) is 23.9. The lowest BCUT2D eigenvalue weighted by Crippen LogP contribution is -2.30. The molecule has 213 valence electrons. The van der Waals surface area contributed by atoms with Crippen LogP contribution >= 0.6 is 0 Å². The zero-order chi connectivity index (χ0) is 28.7. The Bertz CT molecular complexity index is 1370. The van der Waals surface area contributed by atoms with Crippen molar-refractivity contribution < 1.29 is 23.8 Å². The van der Waals surface area contributed by atoms with E-state index < -0.39 is 0 Å². The summed E-state index contributed by atoms with van der Waals surface area (Å²) >= 11 is 0. The van der Waals surface area contributed by atoms with E-state index in [1.165, 1.54) is 7.11 Å². The number of ether oxygens (including phenoxy) is 3. The van der Waals surface area contributed by atoms with Crippen LogP contribution in [0, 0.1) is 11.8 Å². The van der Waals surface area contributed by atoms with E-state index in [1.54, 1.807) is 17.8 Å². The van der Waals surface area contributed by atoms with Gasteiger partial charge in [-0.1, -0.05) is 32.9 Å². The molecule has 1 aromatic carbocycles. The number of rotatable bonds is 15. The maximum absolute atomic E-state index is 12.3. The Morgan fingerprint density at radius 1 is 1.10 bits per heavy atom. The molecule has 0 saturated heterocycles. The first-order valence-corrected chi connectivity index (χ1v) is 13.4. The highest BCUT2D eigenvalue weighted by atomic mass is 16.5. The van der Waals surface area contributed by atoms with Gasteiger partial charge in [-0.2, -0.15) is 5.10 Å². The van der Waals surface area contributed by atoms with Gasteiger partial charge in [0.1, 0.15) is 18.2 Å². The van der Waals surface area contributed by atoms with E-state index in [4.69, 9.17) is 19.2 Å². The summed E-state index contributed by atoms with van der Waals surface area (Å²) in [5, 5.41) is 7.64. The van der Waals surface area contributed by atoms with E-state index in [0.29, 0.717) is 50.8 Å². The van der Waals surface area contributed by atoms with Crippen LogP contribution in [-0.2, 0) is 19.1 Å². The first-order chi connectivity index (χ1) is 19.2. The van der Waals surface area contributed by atoms with Crippen LogP contribution in [0.2, 0.25) is 0 Å². The molecule has 1 aliphatic carbocycles. The minimum absolute atomic E-state index is 0.0190. The molecule has 10 heteroatoms. The van der Waals surface area contributed by atoms with Crippen LogP contribution < -0.4 is 15.0 Å². The average molecular weight is 549 g/mol. The minimum Gasteiger partial charge on any atom is -0.492 e. The summed E-state index contributed by atoms with van der Waals surface area (Å²) in [5.41, 5.74) is 4.49. The Morgan fingerprint density at radius 3 is 2.65 bits per heavy atom. The number of benzene rings is 1. The number of carbonyl (C=O) groups is 2. The molecule has 40 heavy (non-hydrogen) atoms. The van der Waals surface area contributed by atoms with Gasteiger partial charge in [-0.05, 0) is 34.8 Å². The number of fused-ring (bicyclic) bond motifs is 1. The maximum atomic E-state index is 12.3. The molecule has 2 heterocycles. The number of hydrogen-bond donors (Lipinski definition) is 1. The molecule has 0 saturated carbocycles. The van der Waals surface area contributed by atoms with Gasteiger partial charge < -0.3 is 24.4 Å². The Balaban J connectivity index is 1.39. The van der Waals surface area contributed by atoms with E-state index in [1.807, 2.05) is 47.8 Å². The summed E-state index contributed by atoms with van der Waals surface area (Å²) in [7, 11) is 3.02. The van der Waals surface area contributed by atoms with Crippen LogP contribution in [0.15, 0.2) is 53.9 Å². The molecule has 0 aliphatic heterocycles. The van der Waals surface area contributed by atoms with E-state index in [2.05, 4.69) is 31.2 Å². The Morgan fingerprint density at radius 2 is 1.93 bits per heavy atom. The van der Waals surface area contributed by atoms with Crippen molar-refractivity contribution in [3.8, 4) is 16.9 Å². The fourth-order valence-corrected chi connectivity index (χ4v) is 4.36. The van der Waals surface area contributed by atoms with Gasteiger partial charge in [0.25, 0.3) is 0 Å². The average Bonchev–Trinajstić information content (AvgIpc) is 3.66. The lowest BCUT2D eigenvalue weighted by Gasteiger charge is -2.23. The predicted molar refractivity (Wildman–Crippen MR) is 153 cm³/mol. The van der Waals surface area contributed by atoms with Crippen molar-refractivity contribution in [2.45, 2.75) is 27.2 Å². The second-order valence-electron chi connectivity index (χ2n) is 10.6. The van der Waals surface area contributed by atoms with Gasteiger partial charge in [0, 0.05) is 50.5 Å². The van der Waals surface area contributed by atoms with Crippen LogP contribution in [0.5, 0.6) is 5.75 Å². The summed E-state index contributed by atoms with van der Waals surface area (Å²) in [6.07, 6.45) is 5.85. The quantitative estimate of drug-likeness (QED) is 0.226. The Hall–Kier alpha value is -3.76. The number of anilines is 1. The van der Waals surface area contributed by atoms with E-state index in [-0.39, 0.29) is 23.6 Å². The highest BCUT2D eigenvalue weighted by Crippen LogP contribution is 2.43. The normalized spacial score (nSPS) is 13.0. The standard InChI is InChI=1S/C30H38N5O5/c1-30(2,3)25-18-23(25)26(36)20-31-11-15-40-22-8-6-7-21(17-22)24-19-32-35-13-9-27(33-29(24)35)34(14-16-38-4)12-10-28(37)39-5/h6-9,13,17-19,31H,10-12,14-16,20H2,1-5H3. The van der Waals surface area contributed by atoms with Crippen molar-refractivity contribution in [1.29, 1.82) is 0 Å². The molecule has 0 amide bonds. The van der Waals surface area contributed by atoms with E-state index >= 15 is 0 Å². The number of esters is 1. The summed E-state index contributed by atoms with van der Waals surface area (Å²) in [6, 6.07) is 9.64. The number of methoxy groups -OCH3 is 2. The summed E-state index contributed by atoms with van der Waals surface area (Å²) in [6.45, 7) is 9.15. The van der Waals surface area contributed by atoms with Crippen molar-refractivity contribution in [2.75, 3.05) is 58.5 Å². The topological polar surface area (TPSA) is 107 Å². The number of aromatic nitrogens is 3. The number of carbonyl (C=O) groups excluding carboxylic acids is 2. The van der Waals surface area contributed by atoms with Gasteiger partial charge in [-0.25, -0.2) is 9.50 Å². The summed E-state index contributed by atoms with van der Waals surface area (Å²) in [5.74, 6) is 1.28. The van der Waals surface area contributed by atoms with Crippen molar-refractivity contribution in [3.05, 3.63) is 60.3 Å². The predicted octanol–water partition coefficient (Wildman–Crippen LogP) is 3.51. The smallest absolute Gasteiger partial charge is 0.307 e. The zero-order valence-electron chi connectivity index (χ0n) is 23.9. The number of ketones is 1. The van der Waals surface area contributed by atoms with Crippen molar-refractivity contribution in [2.24, 2.45) is 5.41 Å². The molecule has 10 nitrogen and oxygen atoms in total. The van der Waals surface area contributed by atoms with Crippen molar-refractivity contribution in [3.63, 3.8) is 0 Å². The van der Waals surface area contributed by atoms with Crippen LogP contribution in [0.4, 0.5) is 5.82 Å². The molecule has 4 rings (SSSR count). The number of hydrogen-bond acceptors (Lipinski definition) is 9. The third-order valence-corrected chi connectivity index (χ3v) is 6.64. The first-order valence-electron chi connectivity index (χ1n) is 13.4. The highest BCUT2D eigenvalue weighted by molar-refractivity contribution is 6.06. The highest BCUT2D eigenvalue weighted by Gasteiger charge is 2.35. The second-order valence-corrected chi connectivity index (χ2v) is 10.6. The molecule has 0 spiro atoms. The summed E-state index contributed by atoms with van der Waals surface area (Å²) in [4.78, 5) is 30.9. The molecule has 2 aromatic heterocycles. The monoisotopic (exact) mass is 548 g/mol. The number of Topliss-reactive ketones (excluding diaryl/α,β-unsaturated/α-hetero) is 1. The fraction of sp³-hybridized carbons (Fsp3) is 0.433. The fourth-order valence-electron chi connectivity index (χ4n) is 4.36. The second kappa shape index (κ2) is 13.1. The molecule has 0 fully saturated rings. The molecule has 1 aliphatic rings. The third kappa shape index (κ3) is 7.45. The molecular weight excluding hydrogens is 510 g/mol. The largest absolute Gasteiger partial charge is 0.492 e. The Kier molecular flexibility index (Phi) is 9.54. The molecule has 3 aromatic rings. The van der Waals surface area contributed by atoms with Gasteiger partial charge in [0.05, 0.1) is 32.9 Å². The van der Waals surface area contributed by atoms with Crippen LogP contribution in [0.25, 0.3) is 16.8 Å². The van der Waals surface area contributed by atoms with Gasteiger partial charge >= 0.3 is 5.97 Å². The Labute approximate surface area is 235 Å². The third-order valence-electron chi connectivity index (χ3n) is 6.64. The maximum Gasteiger partial charge on any atom is 0.307 e. The SMILES string of the molecule is COCCN(CCC(=O)OC)c1ccn2ncc(-c3cccc(OCCNCC(=O)C4=C(C(C)(C)C)[CH]4)c3)c2n1. The van der Waals surface area contributed by atoms with E-state index in [9.17, 15) is 9.59 Å². The van der Waals surface area contributed by atoms with Gasteiger partial charge in [0.2, 0.25) is 0 Å². The molecule has 1 radical (unpaired) electrons. The lowest BCUT2D eigenvalue weighted by atomic mass is 9.93. The van der Waals surface area contributed by atoms with Gasteiger partial charge in [-0.15, -0.1) is 0 Å². The van der Waals surface area contributed by atoms with Crippen LogP contribution in [0.1, 0.15) is 27.2 Å². The lowest BCUT2D eigenvalue weighted by molar-refractivity contribution is -0.140. The first kappa shape index (κ1) is 29.2. The molecule has 0 unspecified atom stereocenters. The number of allylic oxidation sites excluding steroid dienone is 1. The number of nitrogens with zero attached hydrogens (tertiary/aromatic N) is 4. The van der Waals surface area contributed by atoms with Crippen molar-refractivity contribution in [1.82, 2.24) is 19.9 Å². The van der Waals surface area contributed by atoms with Crippen LogP contribution in [0.3, 0.4) is 0 Å². The van der Waals surface area contributed by atoms with Gasteiger partial charge in [0.15, 0.2) is 11.4 Å². The molecule has 0 atom stereocenters. The number of nitrogens with one attached hydrogen (secondary N) is 1. The molecular formula is C30H38N5O5. The molecule has 1 N–H and O–H groups in total. The minimum atomic E-state index is -0.277. The van der Waals surface area contributed by atoms with Gasteiger partial charge in [-0.3, -0.25) is 9.59 Å². The van der Waals surface area contributed by atoms with E-state index in [0.717, 1.165) is 28.1 Å². The summed E-state index contributed by atoms with van der Waals surface area (Å²) < 4.78 is 17.7. The van der Waals surface area contributed by atoms with Crippen LogP contribution in [-0.4, -0.2) is 80.0 Å². The van der Waals surface area contributed by atoms with Crippen molar-refractivity contribution >= 4 is 23.2 Å².